The van der Waals surface area contributed by atoms with Crippen molar-refractivity contribution in [1.82, 2.24) is 9.78 Å². The van der Waals surface area contributed by atoms with Crippen LogP contribution in [0.3, 0.4) is 0 Å². The van der Waals surface area contributed by atoms with E-state index in [0.717, 1.165) is 5.82 Å². The molecule has 2 N–H and O–H groups in total. The summed E-state index contributed by atoms with van der Waals surface area (Å²) in [4.78, 5) is 0. The highest BCUT2D eigenvalue weighted by Gasteiger charge is 2.45. The molecule has 1 fully saturated rings. The van der Waals surface area contributed by atoms with Crippen molar-refractivity contribution in [3.8, 4) is 0 Å². The smallest absolute Gasteiger partial charge is 0.121 e. The van der Waals surface area contributed by atoms with E-state index in [0.29, 0.717) is 5.41 Å². The van der Waals surface area contributed by atoms with Crippen molar-refractivity contribution in [1.29, 1.82) is 0 Å². The lowest BCUT2D eigenvalue weighted by atomic mass is 9.97. The number of anilines is 1. The molecule has 0 spiro atoms. The van der Waals surface area contributed by atoms with E-state index < -0.39 is 0 Å². The summed E-state index contributed by atoms with van der Waals surface area (Å²) in [6, 6.07) is 2.03. The van der Waals surface area contributed by atoms with Crippen LogP contribution in [0.25, 0.3) is 0 Å². The minimum atomic E-state index is 0.393. The normalized spacial score (nSPS) is 18.9. The van der Waals surface area contributed by atoms with Gasteiger partial charge >= 0.3 is 0 Å². The van der Waals surface area contributed by atoms with Crippen LogP contribution in [0.1, 0.15) is 38.3 Å². The zero-order chi connectivity index (χ0) is 9.47. The van der Waals surface area contributed by atoms with Gasteiger partial charge in [-0.05, 0) is 19.3 Å². The second-order valence-corrected chi connectivity index (χ2v) is 4.11. The van der Waals surface area contributed by atoms with Crippen LogP contribution in [0, 0.1) is 0 Å². The molecule has 1 aliphatic carbocycles. The van der Waals surface area contributed by atoms with Gasteiger partial charge in [-0.25, -0.2) is 0 Å². The predicted octanol–water partition coefficient (Wildman–Crippen LogP) is 1.83. The Morgan fingerprint density at radius 2 is 2.31 bits per heavy atom. The monoisotopic (exact) mass is 179 g/mol. The maximum absolute atomic E-state index is 5.76. The van der Waals surface area contributed by atoms with Gasteiger partial charge in [0.2, 0.25) is 0 Å². The number of rotatable bonds is 3. The molecule has 0 saturated heterocycles. The molecule has 1 aliphatic rings. The Labute approximate surface area is 78.9 Å². The van der Waals surface area contributed by atoms with E-state index in [9.17, 15) is 0 Å². The Bertz CT molecular complexity index is 290. The molecule has 0 atom stereocenters. The molecule has 0 unspecified atom stereocenters. The number of hydrogen-bond acceptors (Lipinski definition) is 2. The van der Waals surface area contributed by atoms with E-state index in [2.05, 4.69) is 12.0 Å². The lowest BCUT2D eigenvalue weighted by Crippen LogP contribution is -2.07. The molecular weight excluding hydrogens is 162 g/mol. The van der Waals surface area contributed by atoms with E-state index in [4.69, 9.17) is 5.73 Å². The highest BCUT2D eigenvalue weighted by atomic mass is 15.3. The molecule has 2 rings (SSSR count). The first kappa shape index (κ1) is 8.60. The standard InChI is InChI=1S/C10H17N3/c1-3-4-10(5-6-10)8-7-9(11)13(2)12-8/h7H,3-6,11H2,1-2H3. The fraction of sp³-hybridized carbons (Fsp3) is 0.700. The van der Waals surface area contributed by atoms with Gasteiger partial charge in [-0.2, -0.15) is 5.10 Å². The van der Waals surface area contributed by atoms with Gasteiger partial charge in [0.15, 0.2) is 0 Å². The summed E-state index contributed by atoms with van der Waals surface area (Å²) < 4.78 is 1.77. The van der Waals surface area contributed by atoms with E-state index in [1.807, 2.05) is 13.1 Å². The van der Waals surface area contributed by atoms with Gasteiger partial charge in [-0.15, -0.1) is 0 Å². The third-order valence-electron chi connectivity index (χ3n) is 3.04. The van der Waals surface area contributed by atoms with Crippen molar-refractivity contribution in [3.63, 3.8) is 0 Å². The molecule has 1 saturated carbocycles. The van der Waals surface area contributed by atoms with Gasteiger partial charge in [-0.1, -0.05) is 13.3 Å². The van der Waals surface area contributed by atoms with Gasteiger partial charge in [-0.3, -0.25) is 4.68 Å². The largest absolute Gasteiger partial charge is 0.384 e. The summed E-state index contributed by atoms with van der Waals surface area (Å²) in [5.41, 5.74) is 7.36. The van der Waals surface area contributed by atoms with Crippen LogP contribution < -0.4 is 5.73 Å². The summed E-state index contributed by atoms with van der Waals surface area (Å²) in [7, 11) is 1.90. The van der Waals surface area contributed by atoms with E-state index in [1.165, 1.54) is 31.4 Å². The Hall–Kier alpha value is -0.990. The number of nitrogen functional groups attached to an aromatic ring is 1. The lowest BCUT2D eigenvalue weighted by Gasteiger charge is -2.09. The predicted molar refractivity (Wildman–Crippen MR) is 53.4 cm³/mol. The van der Waals surface area contributed by atoms with Crippen LogP contribution in [0.15, 0.2) is 6.07 Å². The van der Waals surface area contributed by atoms with Crippen LogP contribution in [0.2, 0.25) is 0 Å². The molecular formula is C10H17N3. The fourth-order valence-electron chi connectivity index (χ4n) is 2.00. The summed E-state index contributed by atoms with van der Waals surface area (Å²) in [5.74, 6) is 0.775. The first-order valence-electron chi connectivity index (χ1n) is 4.98. The number of aryl methyl sites for hydroxylation is 1. The number of hydrogen-bond donors (Lipinski definition) is 1. The SMILES string of the molecule is CCCC1(c2cc(N)n(C)n2)CC1. The van der Waals surface area contributed by atoms with Crippen LogP contribution in [-0.2, 0) is 12.5 Å². The lowest BCUT2D eigenvalue weighted by molar-refractivity contribution is 0.575. The van der Waals surface area contributed by atoms with Crippen molar-refractivity contribution >= 4 is 5.82 Å². The van der Waals surface area contributed by atoms with E-state index in [-0.39, 0.29) is 0 Å². The molecule has 3 nitrogen and oxygen atoms in total. The van der Waals surface area contributed by atoms with Gasteiger partial charge in [0.25, 0.3) is 0 Å². The van der Waals surface area contributed by atoms with Gasteiger partial charge < -0.3 is 5.73 Å². The Morgan fingerprint density at radius 3 is 2.69 bits per heavy atom. The molecule has 0 aliphatic heterocycles. The Balaban J connectivity index is 2.25. The first-order chi connectivity index (χ1) is 6.18. The van der Waals surface area contributed by atoms with Crippen molar-refractivity contribution in [3.05, 3.63) is 11.8 Å². The van der Waals surface area contributed by atoms with E-state index >= 15 is 0 Å². The first-order valence-corrected chi connectivity index (χ1v) is 4.98. The van der Waals surface area contributed by atoms with Crippen LogP contribution in [0.4, 0.5) is 5.82 Å². The van der Waals surface area contributed by atoms with Crippen LogP contribution >= 0.6 is 0 Å². The molecule has 0 amide bonds. The topological polar surface area (TPSA) is 43.8 Å². The second kappa shape index (κ2) is 2.76. The molecule has 13 heavy (non-hydrogen) atoms. The average Bonchev–Trinajstić information content (AvgIpc) is 2.78. The second-order valence-electron chi connectivity index (χ2n) is 4.11. The third-order valence-corrected chi connectivity index (χ3v) is 3.04. The van der Waals surface area contributed by atoms with Gasteiger partial charge in [0.05, 0.1) is 5.69 Å². The van der Waals surface area contributed by atoms with Crippen molar-refractivity contribution in [2.24, 2.45) is 7.05 Å². The summed E-state index contributed by atoms with van der Waals surface area (Å²) in [6.45, 7) is 2.23. The zero-order valence-electron chi connectivity index (χ0n) is 8.38. The quantitative estimate of drug-likeness (QED) is 0.769. The highest BCUT2D eigenvalue weighted by Crippen LogP contribution is 2.51. The molecule has 1 aromatic rings. The maximum atomic E-state index is 5.76. The Kier molecular flexibility index (Phi) is 1.82. The van der Waals surface area contributed by atoms with Crippen LogP contribution in [-0.4, -0.2) is 9.78 Å². The molecule has 1 heterocycles. The summed E-state index contributed by atoms with van der Waals surface area (Å²) in [6.07, 6.45) is 5.06. The van der Waals surface area contributed by atoms with Gasteiger partial charge in [0.1, 0.15) is 5.82 Å². The minimum absolute atomic E-state index is 0.393. The van der Waals surface area contributed by atoms with E-state index in [1.54, 1.807) is 4.68 Å². The molecule has 1 aromatic heterocycles. The Morgan fingerprint density at radius 1 is 1.62 bits per heavy atom. The third kappa shape index (κ3) is 1.32. The zero-order valence-corrected chi connectivity index (χ0v) is 8.38. The number of nitrogens with two attached hydrogens (primary N) is 1. The number of aromatic nitrogens is 2. The number of nitrogens with zero attached hydrogens (tertiary/aromatic N) is 2. The minimum Gasteiger partial charge on any atom is -0.384 e. The molecule has 0 bridgehead atoms. The van der Waals surface area contributed by atoms with Crippen LogP contribution in [0.5, 0.6) is 0 Å². The average molecular weight is 179 g/mol. The fourth-order valence-corrected chi connectivity index (χ4v) is 2.00. The van der Waals surface area contributed by atoms with Crippen molar-refractivity contribution < 1.29 is 0 Å². The van der Waals surface area contributed by atoms with Gasteiger partial charge in [0, 0.05) is 18.5 Å². The van der Waals surface area contributed by atoms with Crippen molar-refractivity contribution in [2.45, 2.75) is 38.0 Å². The highest BCUT2D eigenvalue weighted by molar-refractivity contribution is 5.36. The molecule has 72 valence electrons. The summed E-state index contributed by atoms with van der Waals surface area (Å²) >= 11 is 0. The molecule has 0 radical (unpaired) electrons. The molecule has 3 heteroatoms. The van der Waals surface area contributed by atoms with Crippen molar-refractivity contribution in [2.75, 3.05) is 5.73 Å². The molecule has 0 aromatic carbocycles. The maximum Gasteiger partial charge on any atom is 0.121 e. The summed E-state index contributed by atoms with van der Waals surface area (Å²) in [5, 5.41) is 4.45.